The molecule has 0 saturated carbocycles. The average Bonchev–Trinajstić information content (AvgIpc) is 2.76. The molecule has 0 unspecified atom stereocenters. The first kappa shape index (κ1) is 11.8. The van der Waals surface area contributed by atoms with E-state index in [1.807, 2.05) is 0 Å². The molecular formula is C11H17N3O3. The van der Waals surface area contributed by atoms with Gasteiger partial charge >= 0.3 is 11.8 Å². The zero-order valence-corrected chi connectivity index (χ0v) is 9.89. The number of likely N-dealkylation sites (tertiary alicyclic amines) is 1. The van der Waals surface area contributed by atoms with E-state index in [9.17, 15) is 9.59 Å². The summed E-state index contributed by atoms with van der Waals surface area (Å²) in [6.07, 6.45) is 4.72. The van der Waals surface area contributed by atoms with Gasteiger partial charge < -0.3 is 14.6 Å². The second kappa shape index (κ2) is 5.07. The third-order valence-electron chi connectivity index (χ3n) is 3.06. The standard InChI is InChI=1S/C11H17N3O3/c1-2-17-11(16)13-6-3-9(4-7-13)14-8-5-12-10(14)15/h5,8-9H,2-4,6-7H2,1H3,(H,12,15). The fourth-order valence-corrected chi connectivity index (χ4v) is 2.16. The van der Waals surface area contributed by atoms with Crippen molar-refractivity contribution in [1.82, 2.24) is 14.5 Å². The quantitative estimate of drug-likeness (QED) is 0.836. The summed E-state index contributed by atoms with van der Waals surface area (Å²) in [6, 6.07) is 0.180. The summed E-state index contributed by atoms with van der Waals surface area (Å²) in [6.45, 7) is 3.47. The number of hydrogen-bond acceptors (Lipinski definition) is 3. The minimum absolute atomic E-state index is 0.0837. The Balaban J connectivity index is 1.92. The molecule has 1 aromatic heterocycles. The second-order valence-corrected chi connectivity index (χ2v) is 4.09. The van der Waals surface area contributed by atoms with E-state index < -0.39 is 0 Å². The molecule has 1 aliphatic rings. The molecule has 0 spiro atoms. The summed E-state index contributed by atoms with van der Waals surface area (Å²) >= 11 is 0. The Labute approximate surface area is 99.2 Å². The van der Waals surface area contributed by atoms with Crippen molar-refractivity contribution in [2.75, 3.05) is 19.7 Å². The van der Waals surface area contributed by atoms with E-state index in [1.165, 1.54) is 0 Å². The van der Waals surface area contributed by atoms with Crippen LogP contribution in [0.4, 0.5) is 4.79 Å². The van der Waals surface area contributed by atoms with Crippen molar-refractivity contribution >= 4 is 6.09 Å². The summed E-state index contributed by atoms with van der Waals surface area (Å²) in [5.41, 5.74) is -0.0837. The van der Waals surface area contributed by atoms with Crippen molar-refractivity contribution in [3.63, 3.8) is 0 Å². The molecule has 6 nitrogen and oxygen atoms in total. The normalized spacial score (nSPS) is 17.1. The fraction of sp³-hybridized carbons (Fsp3) is 0.636. The number of rotatable bonds is 2. The van der Waals surface area contributed by atoms with Crippen LogP contribution in [0.1, 0.15) is 25.8 Å². The number of carbonyl (C=O) groups is 1. The van der Waals surface area contributed by atoms with E-state index >= 15 is 0 Å². The van der Waals surface area contributed by atoms with Crippen molar-refractivity contribution in [2.45, 2.75) is 25.8 Å². The van der Waals surface area contributed by atoms with Crippen molar-refractivity contribution in [2.24, 2.45) is 0 Å². The fourth-order valence-electron chi connectivity index (χ4n) is 2.16. The van der Waals surface area contributed by atoms with Gasteiger partial charge in [0.15, 0.2) is 0 Å². The molecule has 0 radical (unpaired) electrons. The number of aromatic amines is 1. The van der Waals surface area contributed by atoms with Crippen LogP contribution in [-0.4, -0.2) is 40.2 Å². The van der Waals surface area contributed by atoms with Crippen LogP contribution >= 0.6 is 0 Å². The molecule has 1 aliphatic heterocycles. The van der Waals surface area contributed by atoms with Gasteiger partial charge in [-0.1, -0.05) is 0 Å². The Morgan fingerprint density at radius 1 is 1.53 bits per heavy atom. The summed E-state index contributed by atoms with van der Waals surface area (Å²) < 4.78 is 6.64. The molecule has 1 amide bonds. The van der Waals surface area contributed by atoms with E-state index in [2.05, 4.69) is 4.98 Å². The number of piperidine rings is 1. The number of aromatic nitrogens is 2. The lowest BCUT2D eigenvalue weighted by Crippen LogP contribution is -2.40. The highest BCUT2D eigenvalue weighted by Crippen LogP contribution is 2.21. The lowest BCUT2D eigenvalue weighted by molar-refractivity contribution is 0.0924. The van der Waals surface area contributed by atoms with Gasteiger partial charge in [0.2, 0.25) is 0 Å². The van der Waals surface area contributed by atoms with Crippen LogP contribution in [0.25, 0.3) is 0 Å². The Morgan fingerprint density at radius 2 is 2.24 bits per heavy atom. The summed E-state index contributed by atoms with van der Waals surface area (Å²) in [4.78, 5) is 27.2. The van der Waals surface area contributed by atoms with Crippen LogP contribution in [0.15, 0.2) is 17.2 Å². The minimum Gasteiger partial charge on any atom is -0.450 e. The number of carbonyl (C=O) groups excluding carboxylic acids is 1. The van der Waals surface area contributed by atoms with Crippen LogP contribution in [0, 0.1) is 0 Å². The van der Waals surface area contributed by atoms with Crippen LogP contribution in [0.3, 0.4) is 0 Å². The van der Waals surface area contributed by atoms with Crippen molar-refractivity contribution in [3.8, 4) is 0 Å². The minimum atomic E-state index is -0.257. The van der Waals surface area contributed by atoms with Gasteiger partial charge in [-0.3, -0.25) is 4.57 Å². The van der Waals surface area contributed by atoms with Gasteiger partial charge in [0.1, 0.15) is 0 Å². The first-order chi connectivity index (χ1) is 8.22. The number of ether oxygens (including phenoxy) is 1. The molecule has 0 aliphatic carbocycles. The highest BCUT2D eigenvalue weighted by atomic mass is 16.6. The molecule has 2 rings (SSSR count). The van der Waals surface area contributed by atoms with E-state index in [1.54, 1.807) is 28.8 Å². The Hall–Kier alpha value is -1.72. The van der Waals surface area contributed by atoms with Crippen LogP contribution in [0.2, 0.25) is 0 Å². The van der Waals surface area contributed by atoms with Crippen LogP contribution in [-0.2, 0) is 4.74 Å². The van der Waals surface area contributed by atoms with Crippen molar-refractivity contribution < 1.29 is 9.53 Å². The van der Waals surface area contributed by atoms with Gasteiger partial charge in [0.25, 0.3) is 0 Å². The van der Waals surface area contributed by atoms with Crippen molar-refractivity contribution in [1.29, 1.82) is 0 Å². The third-order valence-corrected chi connectivity index (χ3v) is 3.06. The maximum Gasteiger partial charge on any atom is 0.409 e. The number of imidazole rings is 1. The van der Waals surface area contributed by atoms with Gasteiger partial charge in [0, 0.05) is 31.5 Å². The Bertz CT molecular complexity index is 429. The third kappa shape index (κ3) is 2.51. The number of nitrogens with zero attached hydrogens (tertiary/aromatic N) is 2. The number of nitrogens with one attached hydrogen (secondary N) is 1. The van der Waals surface area contributed by atoms with Crippen LogP contribution in [0.5, 0.6) is 0 Å². The zero-order chi connectivity index (χ0) is 12.3. The summed E-state index contributed by atoms with van der Waals surface area (Å²) in [7, 11) is 0. The summed E-state index contributed by atoms with van der Waals surface area (Å²) in [5, 5.41) is 0. The van der Waals surface area contributed by atoms with E-state index in [-0.39, 0.29) is 17.8 Å². The maximum absolute atomic E-state index is 11.5. The Morgan fingerprint density at radius 3 is 2.76 bits per heavy atom. The monoisotopic (exact) mass is 239 g/mol. The predicted molar refractivity (Wildman–Crippen MR) is 61.9 cm³/mol. The molecule has 6 heteroatoms. The van der Waals surface area contributed by atoms with Crippen molar-refractivity contribution in [3.05, 3.63) is 22.9 Å². The first-order valence-electron chi connectivity index (χ1n) is 5.89. The lowest BCUT2D eigenvalue weighted by Gasteiger charge is -2.31. The molecular weight excluding hydrogens is 222 g/mol. The van der Waals surface area contributed by atoms with Crippen LogP contribution < -0.4 is 5.69 Å². The molecule has 1 N–H and O–H groups in total. The molecule has 0 atom stereocenters. The Kier molecular flexibility index (Phi) is 3.51. The van der Waals surface area contributed by atoms with E-state index in [0.717, 1.165) is 12.8 Å². The maximum atomic E-state index is 11.5. The topological polar surface area (TPSA) is 67.3 Å². The predicted octanol–water partition coefficient (Wildman–Crippen LogP) is 0.970. The highest BCUT2D eigenvalue weighted by molar-refractivity contribution is 5.67. The lowest BCUT2D eigenvalue weighted by atomic mass is 10.1. The molecule has 1 aromatic rings. The SMILES string of the molecule is CCOC(=O)N1CCC(n2cc[nH]c2=O)CC1. The second-order valence-electron chi connectivity index (χ2n) is 4.09. The zero-order valence-electron chi connectivity index (χ0n) is 9.89. The molecule has 2 heterocycles. The van der Waals surface area contributed by atoms with Gasteiger partial charge in [-0.25, -0.2) is 9.59 Å². The van der Waals surface area contributed by atoms with E-state index in [0.29, 0.717) is 19.7 Å². The highest BCUT2D eigenvalue weighted by Gasteiger charge is 2.24. The number of amides is 1. The van der Waals surface area contributed by atoms with Gasteiger partial charge in [-0.2, -0.15) is 0 Å². The first-order valence-corrected chi connectivity index (χ1v) is 5.89. The number of H-pyrrole nitrogens is 1. The molecule has 1 fully saturated rings. The number of hydrogen-bond donors (Lipinski definition) is 1. The van der Waals surface area contributed by atoms with Gasteiger partial charge in [-0.05, 0) is 19.8 Å². The average molecular weight is 239 g/mol. The molecule has 94 valence electrons. The molecule has 0 aromatic carbocycles. The smallest absolute Gasteiger partial charge is 0.409 e. The molecule has 1 saturated heterocycles. The van der Waals surface area contributed by atoms with Gasteiger partial charge in [-0.15, -0.1) is 0 Å². The summed E-state index contributed by atoms with van der Waals surface area (Å²) in [5.74, 6) is 0. The van der Waals surface area contributed by atoms with E-state index in [4.69, 9.17) is 4.74 Å². The largest absolute Gasteiger partial charge is 0.450 e. The van der Waals surface area contributed by atoms with Gasteiger partial charge in [0.05, 0.1) is 6.61 Å². The molecule has 0 bridgehead atoms. The molecule has 17 heavy (non-hydrogen) atoms.